The molecule has 0 aliphatic rings. The van der Waals surface area contributed by atoms with Crippen molar-refractivity contribution in [1.29, 1.82) is 0 Å². The van der Waals surface area contributed by atoms with Crippen LogP contribution in [-0.4, -0.2) is 29.4 Å². The molecule has 232 valence electrons. The van der Waals surface area contributed by atoms with E-state index in [2.05, 4.69) is 77.4 Å². The first kappa shape index (κ1) is 33.5. The van der Waals surface area contributed by atoms with Crippen LogP contribution in [0.25, 0.3) is 30.9 Å². The predicted molar refractivity (Wildman–Crippen MR) is 198 cm³/mol. The molecule has 2 aromatic carbocycles. The molecule has 2 nitrogen and oxygen atoms in total. The van der Waals surface area contributed by atoms with Gasteiger partial charge in [-0.1, -0.05) is 117 Å². The van der Waals surface area contributed by atoms with Crippen LogP contribution in [0.4, 0.5) is 0 Å². The van der Waals surface area contributed by atoms with E-state index >= 15 is 0 Å². The Morgan fingerprint density at radius 2 is 0.810 bits per heavy atom. The average molecular weight is 641 g/mol. The topological polar surface area (TPSA) is 18.5 Å². The van der Waals surface area contributed by atoms with Gasteiger partial charge >= 0.3 is 0 Å². The smallest absolute Gasteiger partial charge is 0.161 e. The Hall–Kier alpha value is -1.35. The molecule has 0 atom stereocenters. The van der Waals surface area contributed by atoms with E-state index < -0.39 is 16.1 Å². The van der Waals surface area contributed by atoms with Gasteiger partial charge in [0.2, 0.25) is 0 Å². The zero-order valence-electron chi connectivity index (χ0n) is 27.8. The summed E-state index contributed by atoms with van der Waals surface area (Å²) in [6.07, 6.45) is 15.3. The molecule has 4 rings (SSSR count). The highest BCUT2D eigenvalue weighted by Gasteiger charge is 2.26. The van der Waals surface area contributed by atoms with E-state index in [9.17, 15) is 0 Å². The molecule has 0 amide bonds. The van der Waals surface area contributed by atoms with Crippen LogP contribution in [0.2, 0.25) is 39.3 Å². The lowest BCUT2D eigenvalue weighted by Gasteiger charge is -2.15. The zero-order valence-corrected chi connectivity index (χ0v) is 31.5. The Kier molecular flexibility index (Phi) is 12.1. The number of hydrogen-bond acceptors (Lipinski definition) is 4. The van der Waals surface area contributed by atoms with Crippen LogP contribution >= 0.6 is 22.7 Å². The SMILES string of the molecule is CCCCCCCCOc1cc2c(cc1OCCCCCCCC)c1sc([Si](C)(C)C)cc1c1cc([Si](C)(C)C)sc12. The fourth-order valence-electron chi connectivity index (χ4n) is 5.61. The summed E-state index contributed by atoms with van der Waals surface area (Å²) in [5.41, 5.74) is 0. The van der Waals surface area contributed by atoms with E-state index in [1.54, 1.807) is 9.00 Å². The third kappa shape index (κ3) is 8.42. The highest BCUT2D eigenvalue weighted by Crippen LogP contribution is 2.44. The van der Waals surface area contributed by atoms with Gasteiger partial charge in [0.05, 0.1) is 29.4 Å². The fourth-order valence-corrected chi connectivity index (χ4v) is 11.7. The molecule has 0 saturated heterocycles. The van der Waals surface area contributed by atoms with Gasteiger partial charge in [0, 0.05) is 30.9 Å². The van der Waals surface area contributed by atoms with Crippen LogP contribution in [0, 0.1) is 0 Å². The van der Waals surface area contributed by atoms with Crippen LogP contribution in [0.3, 0.4) is 0 Å². The molecule has 0 aliphatic carbocycles. The number of thiophene rings is 2. The summed E-state index contributed by atoms with van der Waals surface area (Å²) in [5.74, 6) is 1.88. The maximum Gasteiger partial charge on any atom is 0.161 e. The van der Waals surface area contributed by atoms with E-state index in [1.165, 1.54) is 95.2 Å². The van der Waals surface area contributed by atoms with E-state index in [-0.39, 0.29) is 0 Å². The summed E-state index contributed by atoms with van der Waals surface area (Å²) < 4.78 is 19.2. The van der Waals surface area contributed by atoms with Gasteiger partial charge in [-0.3, -0.25) is 0 Å². The minimum Gasteiger partial charge on any atom is -0.490 e. The molecule has 0 unspecified atom stereocenters. The summed E-state index contributed by atoms with van der Waals surface area (Å²) >= 11 is 4.06. The lowest BCUT2D eigenvalue weighted by atomic mass is 10.0. The van der Waals surface area contributed by atoms with E-state index in [4.69, 9.17) is 9.47 Å². The standard InChI is InChI=1S/C36H56O2S2Si2/c1-9-11-13-15-17-19-21-37-31-23-27-28(24-32(31)38-22-20-18-16-14-12-10-2)36-30(26-34(40-36)42(6,7)8)29-25-33(39-35(27)29)41(3,4)5/h23-26H,9-22H2,1-8H3. The second kappa shape index (κ2) is 15.1. The Morgan fingerprint density at radius 1 is 0.476 bits per heavy atom. The maximum atomic E-state index is 6.56. The maximum absolute atomic E-state index is 6.56. The van der Waals surface area contributed by atoms with Crippen LogP contribution in [0.1, 0.15) is 90.9 Å². The summed E-state index contributed by atoms with van der Waals surface area (Å²) in [4.78, 5) is 0. The first-order valence-electron chi connectivity index (χ1n) is 16.8. The molecule has 2 heterocycles. The van der Waals surface area contributed by atoms with Gasteiger partial charge in [-0.25, -0.2) is 0 Å². The number of hydrogen-bond donors (Lipinski definition) is 0. The number of unbranched alkanes of at least 4 members (excludes halogenated alkanes) is 10. The third-order valence-corrected chi connectivity index (χ3v) is 17.8. The largest absolute Gasteiger partial charge is 0.490 e. The number of rotatable bonds is 18. The molecule has 2 aromatic heterocycles. The van der Waals surface area contributed by atoms with Crippen molar-refractivity contribution in [3.8, 4) is 11.5 Å². The van der Waals surface area contributed by atoms with Crippen LogP contribution in [0.15, 0.2) is 24.3 Å². The molecule has 6 heteroatoms. The second-order valence-corrected chi connectivity index (χ2v) is 27.2. The predicted octanol–water partition coefficient (Wildman–Crippen LogP) is 11.8. The summed E-state index contributed by atoms with van der Waals surface area (Å²) in [7, 11) is -2.89. The normalized spacial score (nSPS) is 12.7. The highest BCUT2D eigenvalue weighted by atomic mass is 32.1. The van der Waals surface area contributed by atoms with Gasteiger partial charge in [0.1, 0.15) is 0 Å². The Bertz CT molecular complexity index is 1330. The lowest BCUT2D eigenvalue weighted by Crippen LogP contribution is -2.34. The van der Waals surface area contributed by atoms with Gasteiger partial charge in [-0.05, 0) is 46.1 Å². The van der Waals surface area contributed by atoms with Crippen LogP contribution in [0.5, 0.6) is 11.5 Å². The second-order valence-electron chi connectivity index (χ2n) is 14.3. The monoisotopic (exact) mass is 640 g/mol. The molecule has 4 aromatic rings. The highest BCUT2D eigenvalue weighted by molar-refractivity contribution is 7.34. The minimum absolute atomic E-state index is 0.764. The quantitative estimate of drug-likeness (QED) is 0.0795. The Morgan fingerprint density at radius 3 is 1.17 bits per heavy atom. The first-order valence-corrected chi connectivity index (χ1v) is 25.4. The molecule has 0 N–H and O–H groups in total. The Balaban J connectivity index is 1.74. The molecule has 42 heavy (non-hydrogen) atoms. The van der Waals surface area contributed by atoms with Crippen molar-refractivity contribution in [1.82, 2.24) is 0 Å². The van der Waals surface area contributed by atoms with Crippen molar-refractivity contribution >= 4 is 78.8 Å². The van der Waals surface area contributed by atoms with Crippen LogP contribution in [-0.2, 0) is 0 Å². The molecular weight excluding hydrogens is 585 g/mol. The summed E-state index contributed by atoms with van der Waals surface area (Å²) in [6.45, 7) is 20.9. The third-order valence-electron chi connectivity index (χ3n) is 8.32. The van der Waals surface area contributed by atoms with Gasteiger partial charge in [-0.2, -0.15) is 0 Å². The van der Waals surface area contributed by atoms with Crippen molar-refractivity contribution in [2.75, 3.05) is 13.2 Å². The molecule has 0 bridgehead atoms. The molecule has 0 aliphatic heterocycles. The summed E-state index contributed by atoms with van der Waals surface area (Å²) in [5, 5.41) is 5.59. The molecule has 0 fully saturated rings. The van der Waals surface area contributed by atoms with E-state index in [0.717, 1.165) is 37.6 Å². The Labute approximate surface area is 266 Å². The van der Waals surface area contributed by atoms with E-state index in [1.807, 2.05) is 22.7 Å². The average Bonchev–Trinajstić information content (AvgIpc) is 3.58. The minimum atomic E-state index is -1.45. The molecular formula is C36H56O2S2Si2. The summed E-state index contributed by atoms with van der Waals surface area (Å²) in [6, 6.07) is 9.75. The zero-order chi connectivity index (χ0) is 30.3. The number of benzene rings is 2. The lowest BCUT2D eigenvalue weighted by molar-refractivity contribution is 0.259. The van der Waals surface area contributed by atoms with Gasteiger partial charge in [0.25, 0.3) is 0 Å². The van der Waals surface area contributed by atoms with Crippen molar-refractivity contribution in [2.45, 2.75) is 130 Å². The number of ether oxygens (including phenoxy) is 2. The first-order chi connectivity index (χ1) is 20.0. The van der Waals surface area contributed by atoms with Crippen molar-refractivity contribution in [3.05, 3.63) is 24.3 Å². The van der Waals surface area contributed by atoms with Crippen molar-refractivity contribution < 1.29 is 9.47 Å². The van der Waals surface area contributed by atoms with Gasteiger partial charge < -0.3 is 9.47 Å². The fraction of sp³-hybridized carbons (Fsp3) is 0.611. The van der Waals surface area contributed by atoms with Crippen molar-refractivity contribution in [3.63, 3.8) is 0 Å². The van der Waals surface area contributed by atoms with Gasteiger partial charge in [0.15, 0.2) is 11.5 Å². The van der Waals surface area contributed by atoms with E-state index in [0.29, 0.717) is 0 Å². The van der Waals surface area contributed by atoms with Crippen molar-refractivity contribution in [2.24, 2.45) is 0 Å². The van der Waals surface area contributed by atoms with Crippen LogP contribution < -0.4 is 18.5 Å². The van der Waals surface area contributed by atoms with Gasteiger partial charge in [-0.15, -0.1) is 22.7 Å². The number of fused-ring (bicyclic) bond motifs is 6. The molecule has 0 saturated carbocycles. The molecule has 0 spiro atoms. The molecule has 0 radical (unpaired) electrons.